The van der Waals surface area contributed by atoms with Gasteiger partial charge in [0, 0.05) is 18.2 Å². The fourth-order valence-corrected chi connectivity index (χ4v) is 4.61. The standard InChI is InChI=1S/C32H33N3O11/c1-43-25-9-8-23(31(41)29(25)32(33)42)35-27(39)16-45-13-12-44-11-10-34-26(38)17-46-21-14-19-4-7-22(18-2-5-20(36)6-3-18)30(40)28(19)24(37)15-21/h2-3,5-9,14-15,36-37,41H,4,10-13,16-17H2,1H3,(H2,33,42)(H,34,38)(H,35,39). The van der Waals surface area contributed by atoms with E-state index in [1.807, 2.05) is 0 Å². The van der Waals surface area contributed by atoms with Gasteiger partial charge in [-0.1, -0.05) is 18.2 Å². The second-order valence-corrected chi connectivity index (χ2v) is 9.93. The predicted octanol–water partition coefficient (Wildman–Crippen LogP) is 1.90. The molecule has 0 aromatic heterocycles. The molecular formula is C32H33N3O11. The van der Waals surface area contributed by atoms with Gasteiger partial charge in [0.25, 0.3) is 11.8 Å². The van der Waals surface area contributed by atoms with Gasteiger partial charge in [0.2, 0.25) is 5.91 Å². The fourth-order valence-electron chi connectivity index (χ4n) is 4.61. The number of carbonyl (C=O) groups is 4. The van der Waals surface area contributed by atoms with Gasteiger partial charge in [0.1, 0.15) is 35.2 Å². The van der Waals surface area contributed by atoms with Crippen molar-refractivity contribution < 1.29 is 53.4 Å². The summed E-state index contributed by atoms with van der Waals surface area (Å²) in [6, 6.07) is 11.8. The van der Waals surface area contributed by atoms with E-state index in [9.17, 15) is 34.5 Å². The Balaban J connectivity index is 1.12. The Bertz CT molecular complexity index is 1650. The average molecular weight is 636 g/mol. The molecule has 7 N–H and O–H groups in total. The molecule has 242 valence electrons. The number of nitrogens with one attached hydrogen (secondary N) is 2. The van der Waals surface area contributed by atoms with Crippen LogP contribution in [0, 0.1) is 0 Å². The number of Topliss-reactive ketones (excluding diaryl/α,β-unsaturated/α-hetero) is 1. The molecule has 0 heterocycles. The number of methoxy groups -OCH3 is 1. The maximum absolute atomic E-state index is 13.0. The van der Waals surface area contributed by atoms with Gasteiger partial charge in [-0.2, -0.15) is 0 Å². The van der Waals surface area contributed by atoms with Gasteiger partial charge in [-0.05, 0) is 47.9 Å². The first-order valence-electron chi connectivity index (χ1n) is 14.0. The highest BCUT2D eigenvalue weighted by molar-refractivity contribution is 6.31. The van der Waals surface area contributed by atoms with Crippen LogP contribution in [0.4, 0.5) is 5.69 Å². The molecular weight excluding hydrogens is 602 g/mol. The number of allylic oxidation sites excluding steroid dienone is 2. The number of primary amides is 1. The zero-order valence-electron chi connectivity index (χ0n) is 24.8. The van der Waals surface area contributed by atoms with E-state index in [1.165, 1.54) is 37.4 Å². The number of hydrogen-bond acceptors (Lipinski definition) is 11. The molecule has 4 rings (SSSR count). The van der Waals surface area contributed by atoms with Crippen LogP contribution in [-0.2, 0) is 25.5 Å². The third kappa shape index (κ3) is 8.31. The lowest BCUT2D eigenvalue weighted by Crippen LogP contribution is -2.32. The molecule has 0 saturated heterocycles. The van der Waals surface area contributed by atoms with Gasteiger partial charge in [-0.25, -0.2) is 0 Å². The number of anilines is 1. The van der Waals surface area contributed by atoms with Crippen LogP contribution in [-0.4, -0.2) is 85.5 Å². The second kappa shape index (κ2) is 15.4. The van der Waals surface area contributed by atoms with Crippen LogP contribution < -0.4 is 25.8 Å². The number of ketones is 1. The summed E-state index contributed by atoms with van der Waals surface area (Å²) in [5, 5.41) is 35.3. The van der Waals surface area contributed by atoms with Crippen LogP contribution in [0.25, 0.3) is 5.57 Å². The van der Waals surface area contributed by atoms with Crippen LogP contribution in [0.2, 0.25) is 0 Å². The number of benzene rings is 3. The monoisotopic (exact) mass is 635 g/mol. The number of hydrogen-bond donors (Lipinski definition) is 6. The molecule has 14 heteroatoms. The molecule has 3 aromatic rings. The first kappa shape index (κ1) is 33.3. The summed E-state index contributed by atoms with van der Waals surface area (Å²) in [7, 11) is 1.31. The Morgan fingerprint density at radius 1 is 0.913 bits per heavy atom. The molecule has 14 nitrogen and oxygen atoms in total. The van der Waals surface area contributed by atoms with E-state index in [0.29, 0.717) is 23.1 Å². The zero-order valence-corrected chi connectivity index (χ0v) is 24.8. The topological polar surface area (TPSA) is 216 Å². The highest BCUT2D eigenvalue weighted by atomic mass is 16.5. The summed E-state index contributed by atoms with van der Waals surface area (Å²) in [6.07, 6.45) is 2.10. The van der Waals surface area contributed by atoms with Crippen molar-refractivity contribution in [2.45, 2.75) is 6.42 Å². The molecule has 0 spiro atoms. The maximum atomic E-state index is 13.0. The molecule has 0 atom stereocenters. The van der Waals surface area contributed by atoms with E-state index in [1.54, 1.807) is 24.3 Å². The minimum atomic E-state index is -0.920. The summed E-state index contributed by atoms with van der Waals surface area (Å²) in [4.78, 5) is 48.9. The first-order chi connectivity index (χ1) is 22.1. The molecule has 3 aromatic carbocycles. The summed E-state index contributed by atoms with van der Waals surface area (Å²) < 4.78 is 21.1. The van der Waals surface area contributed by atoms with Crippen molar-refractivity contribution in [3.63, 3.8) is 0 Å². The molecule has 1 aliphatic carbocycles. The quantitative estimate of drug-likeness (QED) is 0.105. The van der Waals surface area contributed by atoms with E-state index in [-0.39, 0.29) is 85.2 Å². The van der Waals surface area contributed by atoms with Crippen LogP contribution in [0.15, 0.2) is 54.6 Å². The SMILES string of the molecule is COc1ccc(NC(=O)COCCOCCNC(=O)COc2cc(O)c3c(c2)CC=C(c2ccc(O)cc2)C3=O)c(O)c1C(N)=O. The summed E-state index contributed by atoms with van der Waals surface area (Å²) in [6.45, 7) is -0.137. The zero-order chi connectivity index (χ0) is 33.2. The van der Waals surface area contributed by atoms with E-state index >= 15 is 0 Å². The molecule has 0 aliphatic heterocycles. The van der Waals surface area contributed by atoms with Crippen molar-refractivity contribution in [2.75, 3.05) is 52.0 Å². The average Bonchev–Trinajstić information content (AvgIpc) is 3.02. The van der Waals surface area contributed by atoms with E-state index in [2.05, 4.69) is 10.6 Å². The molecule has 46 heavy (non-hydrogen) atoms. The Morgan fingerprint density at radius 3 is 2.37 bits per heavy atom. The van der Waals surface area contributed by atoms with Crippen molar-refractivity contribution in [1.29, 1.82) is 0 Å². The Labute approximate surface area is 263 Å². The predicted molar refractivity (Wildman–Crippen MR) is 164 cm³/mol. The van der Waals surface area contributed by atoms with Crippen LogP contribution in [0.5, 0.6) is 28.7 Å². The molecule has 0 unspecified atom stereocenters. The molecule has 0 saturated carbocycles. The van der Waals surface area contributed by atoms with E-state index in [0.717, 1.165) is 0 Å². The highest BCUT2D eigenvalue weighted by Gasteiger charge is 2.26. The third-order valence-corrected chi connectivity index (χ3v) is 6.77. The third-order valence-electron chi connectivity index (χ3n) is 6.77. The van der Waals surface area contributed by atoms with Gasteiger partial charge in [-0.3, -0.25) is 19.2 Å². The minimum absolute atomic E-state index is 0.0320. The van der Waals surface area contributed by atoms with E-state index < -0.39 is 23.5 Å². The number of phenolic OH excluding ortho intramolecular Hbond substituents is 2. The van der Waals surface area contributed by atoms with Crippen LogP contribution >= 0.6 is 0 Å². The molecule has 3 amide bonds. The van der Waals surface area contributed by atoms with Crippen LogP contribution in [0.1, 0.15) is 31.8 Å². The number of aromatic hydroxyl groups is 3. The summed E-state index contributed by atoms with van der Waals surface area (Å²) in [5.41, 5.74) is 6.74. The number of carbonyl (C=O) groups excluding carboxylic acids is 4. The number of nitrogens with two attached hydrogens (primary N) is 1. The number of amides is 3. The van der Waals surface area contributed by atoms with Crippen molar-refractivity contribution in [3.8, 4) is 28.7 Å². The Morgan fingerprint density at radius 2 is 1.65 bits per heavy atom. The number of phenols is 3. The second-order valence-electron chi connectivity index (χ2n) is 9.93. The van der Waals surface area contributed by atoms with Crippen molar-refractivity contribution >= 4 is 34.8 Å². The minimum Gasteiger partial charge on any atom is -0.508 e. The first-order valence-corrected chi connectivity index (χ1v) is 14.0. The van der Waals surface area contributed by atoms with Crippen molar-refractivity contribution in [1.82, 2.24) is 5.32 Å². The Hall–Kier alpha value is -5.60. The molecule has 1 aliphatic rings. The highest BCUT2D eigenvalue weighted by Crippen LogP contribution is 2.37. The largest absolute Gasteiger partial charge is 0.508 e. The smallest absolute Gasteiger partial charge is 0.258 e. The van der Waals surface area contributed by atoms with Crippen molar-refractivity contribution in [2.24, 2.45) is 5.73 Å². The van der Waals surface area contributed by atoms with Gasteiger partial charge >= 0.3 is 0 Å². The van der Waals surface area contributed by atoms with Gasteiger partial charge in [-0.15, -0.1) is 0 Å². The lowest BCUT2D eigenvalue weighted by molar-refractivity contribution is -0.123. The lowest BCUT2D eigenvalue weighted by Gasteiger charge is -2.19. The van der Waals surface area contributed by atoms with Gasteiger partial charge < -0.3 is 50.6 Å². The maximum Gasteiger partial charge on any atom is 0.258 e. The Kier molecular flexibility index (Phi) is 11.2. The van der Waals surface area contributed by atoms with Gasteiger partial charge in [0.05, 0.1) is 38.2 Å². The normalized spacial score (nSPS) is 12.1. The summed E-state index contributed by atoms with van der Waals surface area (Å²) in [5.74, 6) is -2.69. The van der Waals surface area contributed by atoms with Crippen molar-refractivity contribution in [3.05, 3.63) is 76.9 Å². The number of ether oxygens (including phenoxy) is 4. The molecule has 0 fully saturated rings. The number of rotatable bonds is 15. The number of fused-ring (bicyclic) bond motifs is 1. The lowest BCUT2D eigenvalue weighted by atomic mass is 9.86. The molecule has 0 radical (unpaired) electrons. The summed E-state index contributed by atoms with van der Waals surface area (Å²) >= 11 is 0. The van der Waals surface area contributed by atoms with Crippen LogP contribution in [0.3, 0.4) is 0 Å². The fraction of sp³-hybridized carbons (Fsp3) is 0.250. The van der Waals surface area contributed by atoms with E-state index in [4.69, 9.17) is 24.7 Å². The molecule has 0 bridgehead atoms. The van der Waals surface area contributed by atoms with Gasteiger partial charge in [0.15, 0.2) is 18.1 Å².